The second-order valence-corrected chi connectivity index (χ2v) is 8.66. The quantitative estimate of drug-likeness (QED) is 0.254. The maximum Gasteiger partial charge on any atom is 0.338 e. The number of hydrogen-bond acceptors (Lipinski definition) is 6. The summed E-state index contributed by atoms with van der Waals surface area (Å²) in [6.07, 6.45) is -0.0948. The van der Waals surface area contributed by atoms with Crippen molar-refractivity contribution in [2.45, 2.75) is 43.7 Å². The minimum absolute atomic E-state index is 0.232. The molecule has 1 aliphatic rings. The van der Waals surface area contributed by atoms with E-state index in [4.69, 9.17) is 23.7 Å². The molecule has 6 nitrogen and oxygen atoms in total. The first-order valence-corrected chi connectivity index (χ1v) is 12.0. The fraction of sp³-hybridized carbons (Fsp3) is 0.300. The fourth-order valence-corrected chi connectivity index (χ4v) is 4.44. The predicted molar refractivity (Wildman–Crippen MR) is 136 cm³/mol. The van der Waals surface area contributed by atoms with Gasteiger partial charge in [0.05, 0.1) is 25.4 Å². The molecule has 188 valence electrons. The van der Waals surface area contributed by atoms with Crippen molar-refractivity contribution in [3.8, 4) is 0 Å². The molecule has 0 spiro atoms. The molecule has 0 bridgehead atoms. The third kappa shape index (κ3) is 6.09. The lowest BCUT2D eigenvalue weighted by Crippen LogP contribution is -2.53. The Hall–Kier alpha value is -3.29. The predicted octanol–water partition coefficient (Wildman–Crippen LogP) is 5.33. The molecule has 1 aliphatic heterocycles. The van der Waals surface area contributed by atoms with Gasteiger partial charge in [0.25, 0.3) is 0 Å². The van der Waals surface area contributed by atoms with Gasteiger partial charge in [-0.1, -0.05) is 84.9 Å². The minimum atomic E-state index is -1.25. The molecule has 0 radical (unpaired) electrons. The summed E-state index contributed by atoms with van der Waals surface area (Å²) in [4.78, 5) is 13.2. The Kier molecular flexibility index (Phi) is 9.03. The van der Waals surface area contributed by atoms with Crippen molar-refractivity contribution in [1.29, 1.82) is 0 Å². The van der Waals surface area contributed by atoms with Gasteiger partial charge < -0.3 is 23.7 Å². The summed E-state index contributed by atoms with van der Waals surface area (Å²) in [6, 6.07) is 28.6. The fourth-order valence-electron chi connectivity index (χ4n) is 4.44. The molecule has 0 saturated carbocycles. The van der Waals surface area contributed by atoms with E-state index < -0.39 is 30.1 Å². The van der Waals surface area contributed by atoms with Gasteiger partial charge >= 0.3 is 5.97 Å². The summed E-state index contributed by atoms with van der Waals surface area (Å²) in [5, 5.41) is 0. The third-order valence-corrected chi connectivity index (χ3v) is 6.15. The number of methoxy groups -OCH3 is 1. The van der Waals surface area contributed by atoms with Crippen molar-refractivity contribution in [3.63, 3.8) is 0 Å². The van der Waals surface area contributed by atoms with Crippen LogP contribution < -0.4 is 0 Å². The molecule has 0 amide bonds. The maximum absolute atomic E-state index is 13.2. The minimum Gasteiger partial charge on any atom is -0.447 e. The van der Waals surface area contributed by atoms with Crippen LogP contribution in [0.15, 0.2) is 104 Å². The summed E-state index contributed by atoms with van der Waals surface area (Å²) in [6.45, 7) is 4.87. The Bertz CT molecular complexity index is 1090. The van der Waals surface area contributed by atoms with Gasteiger partial charge in [-0.3, -0.25) is 0 Å². The molecular formula is C30H32O6. The molecule has 0 N–H and O–H groups in total. The van der Waals surface area contributed by atoms with Crippen LogP contribution in [0.3, 0.4) is 0 Å². The van der Waals surface area contributed by atoms with Gasteiger partial charge in [0, 0.05) is 13.5 Å². The van der Waals surface area contributed by atoms with Crippen molar-refractivity contribution < 1.29 is 28.5 Å². The Morgan fingerprint density at radius 2 is 1.50 bits per heavy atom. The number of rotatable bonds is 12. The number of carbonyl (C=O) groups is 1. The van der Waals surface area contributed by atoms with Gasteiger partial charge in [-0.05, 0) is 23.3 Å². The molecule has 1 heterocycles. The number of esters is 1. The van der Waals surface area contributed by atoms with E-state index in [1.165, 1.54) is 7.11 Å². The van der Waals surface area contributed by atoms with Crippen molar-refractivity contribution in [1.82, 2.24) is 0 Å². The van der Waals surface area contributed by atoms with E-state index in [1.54, 1.807) is 30.3 Å². The zero-order valence-corrected chi connectivity index (χ0v) is 20.5. The molecule has 0 aromatic heterocycles. The van der Waals surface area contributed by atoms with Crippen LogP contribution in [-0.4, -0.2) is 43.8 Å². The van der Waals surface area contributed by atoms with E-state index in [1.807, 2.05) is 66.7 Å². The average molecular weight is 489 g/mol. The van der Waals surface area contributed by atoms with Crippen LogP contribution in [0.2, 0.25) is 0 Å². The van der Waals surface area contributed by atoms with Crippen molar-refractivity contribution in [3.05, 3.63) is 120 Å². The van der Waals surface area contributed by atoms with Crippen LogP contribution in [0.25, 0.3) is 0 Å². The molecule has 1 fully saturated rings. The highest BCUT2D eigenvalue weighted by Gasteiger charge is 2.60. The van der Waals surface area contributed by atoms with Crippen LogP contribution in [0.1, 0.15) is 27.9 Å². The molecule has 3 aromatic rings. The largest absolute Gasteiger partial charge is 0.447 e. The lowest BCUT2D eigenvalue weighted by Gasteiger charge is -2.36. The Morgan fingerprint density at radius 3 is 2.08 bits per heavy atom. The topological polar surface area (TPSA) is 63.2 Å². The maximum atomic E-state index is 13.2. The van der Waals surface area contributed by atoms with E-state index in [0.717, 1.165) is 11.1 Å². The second kappa shape index (κ2) is 12.6. The first-order valence-electron chi connectivity index (χ1n) is 12.0. The lowest BCUT2D eigenvalue weighted by atomic mass is 9.90. The third-order valence-electron chi connectivity index (χ3n) is 6.15. The van der Waals surface area contributed by atoms with Gasteiger partial charge in [-0.25, -0.2) is 4.79 Å². The molecule has 0 aliphatic carbocycles. The molecule has 1 saturated heterocycles. The highest BCUT2D eigenvalue weighted by atomic mass is 16.7. The molecule has 6 heteroatoms. The molecule has 1 unspecified atom stereocenters. The molecular weight excluding hydrogens is 456 g/mol. The number of carbonyl (C=O) groups excluding carboxylic acids is 1. The highest BCUT2D eigenvalue weighted by Crippen LogP contribution is 2.41. The van der Waals surface area contributed by atoms with E-state index in [2.05, 4.69) is 6.58 Å². The molecule has 4 rings (SSSR count). The lowest BCUT2D eigenvalue weighted by molar-refractivity contribution is -0.197. The summed E-state index contributed by atoms with van der Waals surface area (Å²) >= 11 is 0. The highest BCUT2D eigenvalue weighted by molar-refractivity contribution is 5.89. The van der Waals surface area contributed by atoms with Crippen molar-refractivity contribution >= 4 is 5.97 Å². The standard InChI is InChI=1S/C30H32O6/c1-3-19-30(36-28(31)25-17-11-6-12-18-25)27(34-21-24-15-9-5-10-16-24)26(35-29(30)32-2)22-33-20-23-13-7-4-8-14-23/h3-18,26-27,29H,1,19-22H2,2H3/t26?,27-,29+,30-/m1/s1. The molecule has 36 heavy (non-hydrogen) atoms. The summed E-state index contributed by atoms with van der Waals surface area (Å²) in [5.74, 6) is -0.484. The Morgan fingerprint density at radius 1 is 0.917 bits per heavy atom. The number of benzene rings is 3. The number of ether oxygens (including phenoxy) is 5. The molecule has 4 atom stereocenters. The SMILES string of the molecule is C=CC[C@]1(OC(=O)c2ccccc2)[C@@H](OC)OC(COCc2ccccc2)[C@H]1OCc1ccccc1. The van der Waals surface area contributed by atoms with Crippen LogP contribution in [0, 0.1) is 0 Å². The number of hydrogen-bond donors (Lipinski definition) is 0. The summed E-state index contributed by atoms with van der Waals surface area (Å²) in [7, 11) is 1.53. The van der Waals surface area contributed by atoms with Crippen LogP contribution in [0.5, 0.6) is 0 Å². The zero-order valence-electron chi connectivity index (χ0n) is 20.5. The summed E-state index contributed by atoms with van der Waals surface area (Å²) in [5.41, 5.74) is 1.22. The van der Waals surface area contributed by atoms with E-state index in [0.29, 0.717) is 18.8 Å². The van der Waals surface area contributed by atoms with Gasteiger partial charge in [-0.2, -0.15) is 0 Å². The first-order chi connectivity index (χ1) is 17.7. The molecule has 3 aromatic carbocycles. The van der Waals surface area contributed by atoms with E-state index >= 15 is 0 Å². The van der Waals surface area contributed by atoms with Gasteiger partial charge in [0.2, 0.25) is 6.29 Å². The first kappa shape index (κ1) is 25.8. The van der Waals surface area contributed by atoms with Crippen LogP contribution in [-0.2, 0) is 36.9 Å². The van der Waals surface area contributed by atoms with Gasteiger partial charge in [0.15, 0.2) is 5.60 Å². The summed E-state index contributed by atoms with van der Waals surface area (Å²) < 4.78 is 30.6. The monoisotopic (exact) mass is 488 g/mol. The van der Waals surface area contributed by atoms with Crippen molar-refractivity contribution in [2.75, 3.05) is 13.7 Å². The van der Waals surface area contributed by atoms with Crippen LogP contribution in [0.4, 0.5) is 0 Å². The average Bonchev–Trinajstić information content (AvgIpc) is 3.20. The smallest absolute Gasteiger partial charge is 0.338 e. The van der Waals surface area contributed by atoms with Gasteiger partial charge in [0.1, 0.15) is 12.2 Å². The van der Waals surface area contributed by atoms with Crippen LogP contribution >= 0.6 is 0 Å². The van der Waals surface area contributed by atoms with E-state index in [-0.39, 0.29) is 13.0 Å². The van der Waals surface area contributed by atoms with E-state index in [9.17, 15) is 4.79 Å². The Balaban J connectivity index is 1.59. The Labute approximate surface area is 212 Å². The van der Waals surface area contributed by atoms with Crippen molar-refractivity contribution in [2.24, 2.45) is 0 Å². The normalized spacial score (nSPS) is 23.3. The second-order valence-electron chi connectivity index (χ2n) is 8.66. The zero-order chi connectivity index (χ0) is 25.2. The van der Waals surface area contributed by atoms with Gasteiger partial charge in [-0.15, -0.1) is 6.58 Å².